The fourth-order valence-electron chi connectivity index (χ4n) is 6.11. The number of hydrogen-bond donors (Lipinski definition) is 4. The third kappa shape index (κ3) is 4.51. The second kappa shape index (κ2) is 9.53. The van der Waals surface area contributed by atoms with Crippen molar-refractivity contribution in [2.24, 2.45) is 34.8 Å². The second-order valence-corrected chi connectivity index (χ2v) is 12.0. The molecule has 0 saturated heterocycles. The fourth-order valence-corrected chi connectivity index (χ4v) is 6.11. The molecule has 5 N–H and O–H groups in total. The Kier molecular flexibility index (Phi) is 6.93. The van der Waals surface area contributed by atoms with Gasteiger partial charge in [-0.25, -0.2) is 4.79 Å². The van der Waals surface area contributed by atoms with Crippen LogP contribution in [-0.4, -0.2) is 82.6 Å². The van der Waals surface area contributed by atoms with Crippen LogP contribution in [0, 0.1) is 29.1 Å². The maximum absolute atomic E-state index is 13.8. The van der Waals surface area contributed by atoms with Crippen LogP contribution in [0.25, 0.3) is 0 Å². The number of ketones is 4. The van der Waals surface area contributed by atoms with E-state index < -0.39 is 76.2 Å². The predicted molar refractivity (Wildman–Crippen MR) is 136 cm³/mol. The molecule has 12 heteroatoms. The molecular weight excluding hydrogens is 510 g/mol. The number of nitrogens with one attached hydrogen (secondary N) is 1. The van der Waals surface area contributed by atoms with E-state index in [2.05, 4.69) is 5.32 Å². The average molecular weight is 544 g/mol. The van der Waals surface area contributed by atoms with Crippen molar-refractivity contribution in [1.82, 2.24) is 4.90 Å². The zero-order valence-corrected chi connectivity index (χ0v) is 22.4. The Balaban J connectivity index is 1.71. The molecule has 0 radical (unpaired) electrons. The van der Waals surface area contributed by atoms with Gasteiger partial charge in [-0.05, 0) is 49.9 Å². The first-order valence-electron chi connectivity index (χ1n) is 12.6. The highest BCUT2D eigenvalue weighted by atomic mass is 16.5. The number of nitrogens with two attached hydrogens (primary N) is 1. The van der Waals surface area contributed by atoms with Crippen LogP contribution in [0.1, 0.15) is 43.1 Å². The molecule has 3 aliphatic carbocycles. The Bertz CT molecular complexity index is 1300. The number of fused-ring (bicyclic) bond motifs is 3. The van der Waals surface area contributed by atoms with Crippen molar-refractivity contribution in [3.8, 4) is 5.75 Å². The lowest BCUT2D eigenvalue weighted by Crippen LogP contribution is -2.74. The Morgan fingerprint density at radius 3 is 2.36 bits per heavy atom. The number of anilines is 1. The summed E-state index contributed by atoms with van der Waals surface area (Å²) in [5.41, 5.74) is 2.30. The molecule has 4 rings (SSSR count). The first-order chi connectivity index (χ1) is 18.0. The number of hydrogen-bond acceptors (Lipinski definition) is 10. The van der Waals surface area contributed by atoms with Gasteiger partial charge in [-0.2, -0.15) is 0 Å². The van der Waals surface area contributed by atoms with Crippen LogP contribution in [0.15, 0.2) is 12.1 Å². The largest absolute Gasteiger partial charge is 0.505 e. The number of rotatable bonds is 4. The van der Waals surface area contributed by atoms with Crippen molar-refractivity contribution in [1.29, 1.82) is 0 Å². The highest BCUT2D eigenvalue weighted by Crippen LogP contribution is 2.51. The molecule has 6 atom stereocenters. The molecule has 3 aliphatic rings. The van der Waals surface area contributed by atoms with Gasteiger partial charge in [-0.3, -0.25) is 34.2 Å². The molecule has 2 fully saturated rings. The monoisotopic (exact) mass is 543 g/mol. The van der Waals surface area contributed by atoms with Crippen LogP contribution in [0.3, 0.4) is 0 Å². The molecule has 210 valence electrons. The van der Waals surface area contributed by atoms with Gasteiger partial charge in [0.05, 0.1) is 29.8 Å². The molecule has 1 aromatic rings. The summed E-state index contributed by atoms with van der Waals surface area (Å²) in [6.45, 7) is 5.69. The summed E-state index contributed by atoms with van der Waals surface area (Å²) in [5.74, 6) is -11.4. The van der Waals surface area contributed by atoms with Gasteiger partial charge < -0.3 is 20.7 Å². The molecule has 2 unspecified atom stereocenters. The summed E-state index contributed by atoms with van der Waals surface area (Å²) in [6.07, 6.45) is -0.755. The average Bonchev–Trinajstić information content (AvgIpc) is 2.81. The maximum atomic E-state index is 13.8. The number of ether oxygens (including phenoxy) is 1. The number of amides is 2. The number of carbonyl (C=O) groups is 6. The van der Waals surface area contributed by atoms with Crippen LogP contribution in [-0.2, 0) is 30.3 Å². The van der Waals surface area contributed by atoms with Crippen molar-refractivity contribution < 1.29 is 43.7 Å². The van der Waals surface area contributed by atoms with Gasteiger partial charge in [-0.15, -0.1) is 0 Å². The van der Waals surface area contributed by atoms with E-state index in [0.717, 1.165) is 0 Å². The number of primary amides is 1. The Morgan fingerprint density at radius 2 is 1.79 bits per heavy atom. The summed E-state index contributed by atoms with van der Waals surface area (Å²) >= 11 is 0. The van der Waals surface area contributed by atoms with Crippen molar-refractivity contribution >= 4 is 40.8 Å². The topological polar surface area (TPSA) is 193 Å². The van der Waals surface area contributed by atoms with Crippen LogP contribution >= 0.6 is 0 Å². The Labute approximate surface area is 224 Å². The number of benzene rings is 1. The molecule has 12 nitrogen and oxygen atoms in total. The number of phenolic OH excluding ortho intramolecular Hbond substituents is 1. The molecule has 0 aromatic heterocycles. The molecule has 0 aliphatic heterocycles. The maximum Gasteiger partial charge on any atom is 0.411 e. The molecule has 1 aromatic carbocycles. The Hall–Kier alpha value is -3.64. The summed E-state index contributed by atoms with van der Waals surface area (Å²) < 4.78 is 5.15. The van der Waals surface area contributed by atoms with Gasteiger partial charge in [0.15, 0.2) is 34.7 Å². The number of nitrogens with zero attached hydrogens (tertiary/aromatic N) is 1. The molecule has 2 saturated carbocycles. The van der Waals surface area contributed by atoms with Gasteiger partial charge >= 0.3 is 6.09 Å². The quantitative estimate of drug-likeness (QED) is 0.306. The molecule has 0 bridgehead atoms. The van der Waals surface area contributed by atoms with Gasteiger partial charge in [-0.1, -0.05) is 26.8 Å². The first-order valence-corrected chi connectivity index (χ1v) is 12.6. The number of aromatic hydroxyl groups is 1. The molecule has 2 amide bonds. The van der Waals surface area contributed by atoms with Gasteiger partial charge in [0.2, 0.25) is 5.91 Å². The molecule has 0 spiro atoms. The predicted octanol–water partition coefficient (Wildman–Crippen LogP) is 0.462. The lowest BCUT2D eigenvalue weighted by Gasteiger charge is -2.52. The second-order valence-electron chi connectivity index (χ2n) is 12.0. The molecular formula is C27H33N3O9. The summed E-state index contributed by atoms with van der Waals surface area (Å²) in [7, 11) is 3.04. The summed E-state index contributed by atoms with van der Waals surface area (Å²) in [4.78, 5) is 79.6. The number of Topliss-reactive ketones (excluding diaryl/α,β-unsaturated/α-hetero) is 4. The first kappa shape index (κ1) is 28.4. The smallest absolute Gasteiger partial charge is 0.411 e. The number of likely N-dealkylation sites (N-methyl/N-ethyl adjacent to an activating group) is 1. The highest BCUT2D eigenvalue weighted by Gasteiger charge is 2.69. The normalized spacial score (nSPS) is 30.4. The number of aliphatic hydroxyl groups is 1. The lowest BCUT2D eigenvalue weighted by molar-refractivity contribution is -0.181. The van der Waals surface area contributed by atoms with Crippen molar-refractivity contribution in [3.05, 3.63) is 23.3 Å². The van der Waals surface area contributed by atoms with E-state index in [-0.39, 0.29) is 36.1 Å². The molecule has 39 heavy (non-hydrogen) atoms. The minimum absolute atomic E-state index is 0.0379. The van der Waals surface area contributed by atoms with E-state index in [4.69, 9.17) is 10.5 Å². The minimum atomic E-state index is -2.79. The van der Waals surface area contributed by atoms with Crippen LogP contribution < -0.4 is 11.1 Å². The zero-order valence-electron chi connectivity index (χ0n) is 22.4. The summed E-state index contributed by atoms with van der Waals surface area (Å²) in [5, 5.41) is 24.9. The van der Waals surface area contributed by atoms with Crippen LogP contribution in [0.5, 0.6) is 5.75 Å². The van der Waals surface area contributed by atoms with E-state index in [1.54, 1.807) is 0 Å². The van der Waals surface area contributed by atoms with Crippen LogP contribution in [0.4, 0.5) is 10.5 Å². The third-order valence-corrected chi connectivity index (χ3v) is 7.81. The number of phenols is 1. The minimum Gasteiger partial charge on any atom is -0.505 e. The van der Waals surface area contributed by atoms with Gasteiger partial charge in [0.1, 0.15) is 5.75 Å². The number of carbonyl (C=O) groups excluding carboxylic acids is 6. The zero-order chi connectivity index (χ0) is 29.2. The van der Waals surface area contributed by atoms with E-state index in [0.29, 0.717) is 5.56 Å². The van der Waals surface area contributed by atoms with Crippen LogP contribution in [0.2, 0.25) is 0 Å². The molecule has 0 heterocycles. The SMILES string of the molecule is CN(C)[C@H]1C(=O)C(C(N)=O)C(=O)[C@]2(O)C(=O)C3C(=O)c4c(ccc(NC(=O)OCC(C)(C)C)c4O)C[C@@H]3C[C@H]12. The van der Waals surface area contributed by atoms with E-state index in [1.807, 2.05) is 20.8 Å². The standard InChI is InChI=1S/C27H33N3O9/c1-26(2,3)10-39-25(37)29-14-7-6-11-8-12-9-13-18(30(4)5)21(33)17(24(28)36)23(35)27(13,38)22(34)16(12)20(32)15(11)19(14)31/h6-7,12-13,16-18,31,38H,8-10H2,1-5H3,(H2,28,36)(H,29,37)/t12-,13-,16?,17?,18-,27-/m1/s1. The highest BCUT2D eigenvalue weighted by molar-refractivity contribution is 6.32. The van der Waals surface area contributed by atoms with Crippen molar-refractivity contribution in [3.63, 3.8) is 0 Å². The van der Waals surface area contributed by atoms with Crippen molar-refractivity contribution in [2.45, 2.75) is 45.3 Å². The van der Waals surface area contributed by atoms with E-state index in [9.17, 15) is 39.0 Å². The van der Waals surface area contributed by atoms with Crippen molar-refractivity contribution in [2.75, 3.05) is 26.0 Å². The van der Waals surface area contributed by atoms with Gasteiger partial charge in [0, 0.05) is 5.92 Å². The van der Waals surface area contributed by atoms with E-state index >= 15 is 0 Å². The Morgan fingerprint density at radius 1 is 1.15 bits per heavy atom. The summed E-state index contributed by atoms with van der Waals surface area (Å²) in [6, 6.07) is 1.79. The third-order valence-electron chi connectivity index (χ3n) is 7.81. The van der Waals surface area contributed by atoms with E-state index in [1.165, 1.54) is 31.1 Å². The lowest BCUT2D eigenvalue weighted by atomic mass is 9.52. The fraction of sp³-hybridized carbons (Fsp3) is 0.556. The van der Waals surface area contributed by atoms with Gasteiger partial charge in [0.25, 0.3) is 0 Å².